The van der Waals surface area contributed by atoms with Gasteiger partial charge >= 0.3 is 5.97 Å². The molecule has 2 aliphatic heterocycles. The van der Waals surface area contributed by atoms with Crippen LogP contribution in [0.2, 0.25) is 0 Å². The Morgan fingerprint density at radius 2 is 1.67 bits per heavy atom. The molecule has 0 bridgehead atoms. The number of fused-ring (bicyclic) bond motifs is 3. The number of benzene rings is 2. The SMILES string of the molecule is CC[C@@]1(O)CC(OC2CC(N(C)C)C(OC3CC(C)C(OC4CCC(=O)C(C)O4)C(O)C3)C(C)O2)c2c(cc3c(c2O)C(=O)c2c(O)cccc2C3=O)[C@H]1C(=O)OC. The average molecular weight is 810 g/mol. The summed E-state index contributed by atoms with van der Waals surface area (Å²) >= 11 is 0. The summed E-state index contributed by atoms with van der Waals surface area (Å²) in [6.07, 6.45) is -3.82. The number of phenolic OH excluding ortho intramolecular Hbond substituents is 2. The van der Waals surface area contributed by atoms with Crippen molar-refractivity contribution in [2.45, 2.75) is 146 Å². The number of carbonyl (C=O) groups excluding carboxylic acids is 4. The summed E-state index contributed by atoms with van der Waals surface area (Å²) < 4.78 is 36.9. The highest BCUT2D eigenvalue weighted by Crippen LogP contribution is 2.54. The number of aromatic hydroxyl groups is 2. The third-order valence-electron chi connectivity index (χ3n) is 12.9. The Kier molecular flexibility index (Phi) is 11.9. The molecule has 316 valence electrons. The third kappa shape index (κ3) is 7.49. The summed E-state index contributed by atoms with van der Waals surface area (Å²) in [6.45, 7) is 7.27. The van der Waals surface area contributed by atoms with Crippen LogP contribution in [-0.2, 0) is 38.0 Å². The number of esters is 1. The molecular weight excluding hydrogens is 754 g/mol. The van der Waals surface area contributed by atoms with Gasteiger partial charge in [-0.15, -0.1) is 0 Å². The molecule has 2 aromatic carbocycles. The second-order valence-electron chi connectivity index (χ2n) is 16.8. The first-order valence-electron chi connectivity index (χ1n) is 20.2. The van der Waals surface area contributed by atoms with E-state index in [0.29, 0.717) is 25.7 Å². The minimum Gasteiger partial charge on any atom is -0.507 e. The molecule has 13 atom stereocenters. The molecular formula is C43H55NO14. The quantitative estimate of drug-likeness (QED) is 0.227. The smallest absolute Gasteiger partial charge is 0.316 e. The second-order valence-corrected chi connectivity index (χ2v) is 16.8. The average Bonchev–Trinajstić information content (AvgIpc) is 3.17. The normalized spacial score (nSPS) is 36.3. The molecule has 0 amide bonds. The largest absolute Gasteiger partial charge is 0.507 e. The van der Waals surface area contributed by atoms with E-state index >= 15 is 0 Å². The summed E-state index contributed by atoms with van der Waals surface area (Å²) in [4.78, 5) is 55.1. The van der Waals surface area contributed by atoms with Crippen molar-refractivity contribution in [3.05, 3.63) is 57.6 Å². The van der Waals surface area contributed by atoms with Crippen molar-refractivity contribution < 1.29 is 68.0 Å². The first-order chi connectivity index (χ1) is 27.5. The molecule has 4 N–H and O–H groups in total. The van der Waals surface area contributed by atoms with Crippen LogP contribution in [0.4, 0.5) is 0 Å². The maximum absolute atomic E-state index is 13.9. The van der Waals surface area contributed by atoms with Gasteiger partial charge in [-0.2, -0.15) is 0 Å². The van der Waals surface area contributed by atoms with Gasteiger partial charge in [0.2, 0.25) is 5.78 Å². The van der Waals surface area contributed by atoms with Crippen molar-refractivity contribution in [2.75, 3.05) is 21.2 Å². The van der Waals surface area contributed by atoms with Crippen LogP contribution in [-0.4, -0.2) is 131 Å². The maximum Gasteiger partial charge on any atom is 0.316 e. The lowest BCUT2D eigenvalue weighted by Gasteiger charge is -2.48. The summed E-state index contributed by atoms with van der Waals surface area (Å²) in [5, 5.41) is 46.0. The highest BCUT2D eigenvalue weighted by atomic mass is 16.7. The molecule has 0 aromatic heterocycles. The molecule has 0 radical (unpaired) electrons. The van der Waals surface area contributed by atoms with Crippen molar-refractivity contribution in [3.63, 3.8) is 0 Å². The molecule has 15 heteroatoms. The molecule has 58 heavy (non-hydrogen) atoms. The Bertz CT molecular complexity index is 1940. The number of aliphatic hydroxyl groups is 2. The van der Waals surface area contributed by atoms with Gasteiger partial charge in [0, 0.05) is 54.8 Å². The minimum atomic E-state index is -1.74. The number of Topliss-reactive ketones (excluding diaryl/α,β-unsaturated/α-hetero) is 1. The van der Waals surface area contributed by atoms with Gasteiger partial charge in [0.15, 0.2) is 24.1 Å². The number of likely N-dealkylation sites (N-methyl/N-ethyl adjacent to an activating group) is 1. The van der Waals surface area contributed by atoms with Crippen molar-refractivity contribution in [3.8, 4) is 11.5 Å². The standard InChI is InChI=1S/C43H55NO14/c1-8-43(52)18-30(34-24(36(43)42(51)53-7)16-25-35(39(34)50)38(49)33-23(37(25)48)10-9-11-28(33)46)57-32-17-26(44(5)6)41(21(4)55-32)56-22-14-19(2)40(29(47)15-22)58-31-13-12-27(45)20(3)54-31/h9-11,16,19-22,26,29-32,36,40-41,46-47,50,52H,8,12-15,17-18H2,1-7H3/t19?,20?,21?,22?,26?,29?,30?,31?,32?,36-,40?,41?,43+/m0/s1. The number of ketones is 3. The highest BCUT2D eigenvalue weighted by Gasteiger charge is 2.53. The van der Waals surface area contributed by atoms with E-state index in [9.17, 15) is 39.6 Å². The number of methoxy groups -OCH3 is 1. The predicted molar refractivity (Wildman–Crippen MR) is 204 cm³/mol. The van der Waals surface area contributed by atoms with Gasteiger partial charge in [-0.3, -0.25) is 19.2 Å². The van der Waals surface area contributed by atoms with E-state index < -0.39 is 89.8 Å². The maximum atomic E-state index is 13.9. The molecule has 7 rings (SSSR count). The van der Waals surface area contributed by atoms with Crippen LogP contribution >= 0.6 is 0 Å². The number of hydrogen-bond acceptors (Lipinski definition) is 15. The van der Waals surface area contributed by atoms with Crippen molar-refractivity contribution in [1.29, 1.82) is 0 Å². The van der Waals surface area contributed by atoms with Gasteiger partial charge < -0.3 is 53.7 Å². The van der Waals surface area contributed by atoms with Gasteiger partial charge in [0.25, 0.3) is 0 Å². The van der Waals surface area contributed by atoms with Gasteiger partial charge in [-0.05, 0) is 64.4 Å². The van der Waals surface area contributed by atoms with E-state index in [1.165, 1.54) is 31.4 Å². The van der Waals surface area contributed by atoms with Crippen LogP contribution in [0.3, 0.4) is 0 Å². The van der Waals surface area contributed by atoms with E-state index in [2.05, 4.69) is 0 Å². The van der Waals surface area contributed by atoms with Crippen LogP contribution < -0.4 is 0 Å². The molecule has 2 aromatic rings. The first-order valence-corrected chi connectivity index (χ1v) is 20.2. The molecule has 3 aliphatic carbocycles. The zero-order chi connectivity index (χ0) is 42.0. The van der Waals surface area contributed by atoms with E-state index in [-0.39, 0.29) is 76.5 Å². The summed E-state index contributed by atoms with van der Waals surface area (Å²) in [5.74, 6) is -4.57. The zero-order valence-electron chi connectivity index (χ0n) is 34.0. The van der Waals surface area contributed by atoms with Crippen molar-refractivity contribution >= 4 is 23.3 Å². The van der Waals surface area contributed by atoms with Gasteiger partial charge in [0.1, 0.15) is 23.5 Å². The van der Waals surface area contributed by atoms with Crippen molar-refractivity contribution in [2.24, 2.45) is 5.92 Å². The fraction of sp³-hybridized carbons (Fsp3) is 0.628. The number of aliphatic hydroxyl groups excluding tert-OH is 1. The summed E-state index contributed by atoms with van der Waals surface area (Å²) in [6, 6.07) is 5.22. The molecule has 15 nitrogen and oxygen atoms in total. The van der Waals surface area contributed by atoms with Crippen LogP contribution in [0.1, 0.15) is 128 Å². The van der Waals surface area contributed by atoms with Crippen LogP contribution in [0, 0.1) is 5.92 Å². The van der Waals surface area contributed by atoms with E-state index in [1.54, 1.807) is 13.8 Å². The number of nitrogens with zero attached hydrogens (tertiary/aromatic N) is 1. The number of ether oxygens (including phenoxy) is 6. The van der Waals surface area contributed by atoms with Crippen LogP contribution in [0.25, 0.3) is 0 Å². The fourth-order valence-electron chi connectivity index (χ4n) is 9.78. The van der Waals surface area contributed by atoms with Crippen LogP contribution in [0.15, 0.2) is 24.3 Å². The van der Waals surface area contributed by atoms with E-state index in [4.69, 9.17) is 28.4 Å². The Morgan fingerprint density at radius 1 is 0.931 bits per heavy atom. The lowest BCUT2D eigenvalue weighted by Crippen LogP contribution is -2.57. The van der Waals surface area contributed by atoms with E-state index in [0.717, 1.165) is 0 Å². The summed E-state index contributed by atoms with van der Waals surface area (Å²) in [5.41, 5.74) is -2.40. The molecule has 1 saturated carbocycles. The number of phenols is 2. The number of hydrogen-bond donors (Lipinski definition) is 4. The Morgan fingerprint density at radius 3 is 2.33 bits per heavy atom. The third-order valence-corrected chi connectivity index (χ3v) is 12.9. The number of carbonyl (C=O) groups is 4. The molecule has 0 spiro atoms. The second kappa shape index (κ2) is 16.3. The first kappa shape index (κ1) is 42.3. The van der Waals surface area contributed by atoms with E-state index in [1.807, 2.05) is 32.8 Å². The zero-order valence-corrected chi connectivity index (χ0v) is 34.0. The minimum absolute atomic E-state index is 0.0370. The van der Waals surface area contributed by atoms with Gasteiger partial charge in [0.05, 0.1) is 60.5 Å². The molecule has 5 aliphatic rings. The predicted octanol–water partition coefficient (Wildman–Crippen LogP) is 3.82. The van der Waals surface area contributed by atoms with Gasteiger partial charge in [-0.1, -0.05) is 26.0 Å². The fourth-order valence-corrected chi connectivity index (χ4v) is 9.78. The highest BCUT2D eigenvalue weighted by molar-refractivity contribution is 6.30. The summed E-state index contributed by atoms with van der Waals surface area (Å²) in [7, 11) is 5.01. The van der Waals surface area contributed by atoms with Crippen molar-refractivity contribution in [1.82, 2.24) is 4.90 Å². The molecule has 2 saturated heterocycles. The van der Waals surface area contributed by atoms with Gasteiger partial charge in [-0.25, -0.2) is 0 Å². The Balaban J connectivity index is 1.13. The molecule has 11 unspecified atom stereocenters. The molecule has 2 heterocycles. The molecule has 3 fully saturated rings. The topological polar surface area (TPSA) is 208 Å². The Labute approximate surface area is 337 Å². The Hall–Kier alpha value is -3.80. The number of rotatable bonds is 9. The lowest BCUT2D eigenvalue weighted by atomic mass is 9.67. The lowest BCUT2D eigenvalue weighted by molar-refractivity contribution is -0.277. The monoisotopic (exact) mass is 809 g/mol. The van der Waals surface area contributed by atoms with Crippen LogP contribution in [0.5, 0.6) is 11.5 Å².